The van der Waals surface area contributed by atoms with Crippen LogP contribution in [0.25, 0.3) is 11.5 Å². The zero-order valence-electron chi connectivity index (χ0n) is 17.2. The van der Waals surface area contributed by atoms with E-state index in [0.717, 1.165) is 11.3 Å². The largest absolute Gasteiger partial charge is 0.497 e. The van der Waals surface area contributed by atoms with E-state index < -0.39 is 0 Å². The highest BCUT2D eigenvalue weighted by molar-refractivity contribution is 5.94. The summed E-state index contributed by atoms with van der Waals surface area (Å²) in [7, 11) is 6.45. The minimum Gasteiger partial charge on any atom is -0.497 e. The average Bonchev–Trinajstić information content (AvgIpc) is 3.12. The van der Waals surface area contributed by atoms with Crippen LogP contribution in [0.5, 0.6) is 17.2 Å². The Bertz CT molecular complexity index is 995. The molecule has 0 unspecified atom stereocenters. The maximum Gasteiger partial charge on any atom is 0.232 e. The molecule has 0 N–H and O–H groups in total. The fourth-order valence-corrected chi connectivity index (χ4v) is 2.89. The van der Waals surface area contributed by atoms with Gasteiger partial charge in [-0.15, -0.1) is 0 Å². The quantitative estimate of drug-likeness (QED) is 0.603. The number of likely N-dealkylation sites (N-methyl/N-ethyl adjacent to an activating group) is 1. The Morgan fingerprint density at radius 2 is 1.69 bits per heavy atom. The lowest BCUT2D eigenvalue weighted by atomic mass is 10.2. The molecule has 0 bridgehead atoms. The van der Waals surface area contributed by atoms with Gasteiger partial charge in [0.25, 0.3) is 0 Å². The number of oxazole rings is 1. The summed E-state index contributed by atoms with van der Waals surface area (Å²) in [5, 5.41) is 0. The summed E-state index contributed by atoms with van der Waals surface area (Å²) in [6.07, 6.45) is 0.121. The molecule has 7 nitrogen and oxygen atoms in total. The molecule has 0 radical (unpaired) electrons. The number of aryl methyl sites for hydroxylation is 1. The van der Waals surface area contributed by atoms with Crippen LogP contribution >= 0.6 is 0 Å². The van der Waals surface area contributed by atoms with Gasteiger partial charge in [-0.2, -0.15) is 0 Å². The lowest BCUT2D eigenvalue weighted by Crippen LogP contribution is -2.28. The summed E-state index contributed by atoms with van der Waals surface area (Å²) < 4.78 is 21.5. The third-order valence-corrected chi connectivity index (χ3v) is 4.68. The number of hydrogen-bond donors (Lipinski definition) is 0. The normalized spacial score (nSPS) is 10.5. The van der Waals surface area contributed by atoms with Crippen molar-refractivity contribution < 1.29 is 23.4 Å². The maximum absolute atomic E-state index is 12.8. The number of hydrogen-bond acceptors (Lipinski definition) is 6. The fraction of sp³-hybridized carbons (Fsp3) is 0.273. The molecule has 7 heteroatoms. The Morgan fingerprint density at radius 3 is 2.31 bits per heavy atom. The second kappa shape index (κ2) is 8.68. The molecule has 0 aliphatic heterocycles. The number of nitrogens with zero attached hydrogens (tertiary/aromatic N) is 2. The predicted molar refractivity (Wildman–Crippen MR) is 110 cm³/mol. The van der Waals surface area contributed by atoms with E-state index in [2.05, 4.69) is 4.98 Å². The standard InChI is InChI=1S/C22H24N2O5/c1-14-18(23-22(29-14)15-6-9-17(26-3)10-7-15)13-21(25)24(2)16-8-11-19(27-4)20(12-16)28-5/h6-12H,13H2,1-5H3. The third-order valence-electron chi connectivity index (χ3n) is 4.68. The number of carbonyl (C=O) groups is 1. The van der Waals surface area contributed by atoms with Crippen molar-refractivity contribution >= 4 is 11.6 Å². The fourth-order valence-electron chi connectivity index (χ4n) is 2.89. The molecule has 1 aromatic heterocycles. The van der Waals surface area contributed by atoms with Crippen molar-refractivity contribution in [3.63, 3.8) is 0 Å². The smallest absolute Gasteiger partial charge is 0.232 e. The van der Waals surface area contributed by atoms with E-state index in [9.17, 15) is 4.79 Å². The Morgan fingerprint density at radius 1 is 1.00 bits per heavy atom. The molecule has 1 amide bonds. The molecule has 2 aromatic carbocycles. The van der Waals surface area contributed by atoms with Gasteiger partial charge in [-0.05, 0) is 43.3 Å². The first kappa shape index (κ1) is 20.3. The SMILES string of the molecule is COc1ccc(-c2nc(CC(=O)N(C)c3ccc(OC)c(OC)c3)c(C)o2)cc1. The van der Waals surface area contributed by atoms with E-state index in [1.807, 2.05) is 24.3 Å². The summed E-state index contributed by atoms with van der Waals surface area (Å²) >= 11 is 0. The lowest BCUT2D eigenvalue weighted by molar-refractivity contribution is -0.117. The number of amides is 1. The number of anilines is 1. The second-order valence-electron chi connectivity index (χ2n) is 6.42. The van der Waals surface area contributed by atoms with E-state index >= 15 is 0 Å². The minimum atomic E-state index is -0.116. The zero-order chi connectivity index (χ0) is 21.0. The third kappa shape index (κ3) is 4.34. The van der Waals surface area contributed by atoms with Crippen LogP contribution in [0.3, 0.4) is 0 Å². The van der Waals surface area contributed by atoms with E-state index in [4.69, 9.17) is 18.6 Å². The highest BCUT2D eigenvalue weighted by Crippen LogP contribution is 2.31. The van der Waals surface area contributed by atoms with Gasteiger partial charge in [0.05, 0.1) is 33.4 Å². The number of aromatic nitrogens is 1. The molecule has 0 saturated heterocycles. The number of carbonyl (C=O) groups excluding carboxylic acids is 1. The molecule has 0 aliphatic carbocycles. The van der Waals surface area contributed by atoms with E-state index in [1.54, 1.807) is 58.4 Å². The van der Waals surface area contributed by atoms with Gasteiger partial charge in [0.15, 0.2) is 11.5 Å². The first-order chi connectivity index (χ1) is 14.0. The van der Waals surface area contributed by atoms with Crippen molar-refractivity contribution in [1.82, 2.24) is 4.98 Å². The summed E-state index contributed by atoms with van der Waals surface area (Å²) in [5.74, 6) is 2.89. The van der Waals surface area contributed by atoms with Crippen LogP contribution in [0, 0.1) is 6.92 Å². The summed E-state index contributed by atoms with van der Waals surface area (Å²) in [4.78, 5) is 18.9. The number of rotatable bonds is 7. The number of methoxy groups -OCH3 is 3. The monoisotopic (exact) mass is 396 g/mol. The number of benzene rings is 2. The van der Waals surface area contributed by atoms with Crippen molar-refractivity contribution in [2.75, 3.05) is 33.3 Å². The molecule has 0 atom stereocenters. The molecule has 3 rings (SSSR count). The van der Waals surface area contributed by atoms with Gasteiger partial charge < -0.3 is 23.5 Å². The van der Waals surface area contributed by atoms with E-state index in [1.165, 1.54) is 0 Å². The van der Waals surface area contributed by atoms with Crippen LogP contribution in [0.4, 0.5) is 5.69 Å². The minimum absolute atomic E-state index is 0.116. The summed E-state index contributed by atoms with van der Waals surface area (Å²) in [6.45, 7) is 1.80. The Balaban J connectivity index is 1.77. The van der Waals surface area contributed by atoms with Crippen molar-refractivity contribution in [2.24, 2.45) is 0 Å². The molecule has 0 spiro atoms. The van der Waals surface area contributed by atoms with Crippen LogP contribution in [0.2, 0.25) is 0 Å². The number of ether oxygens (including phenoxy) is 3. The molecular weight excluding hydrogens is 372 g/mol. The molecule has 29 heavy (non-hydrogen) atoms. The molecule has 0 aliphatic rings. The van der Waals surface area contributed by atoms with Gasteiger partial charge in [-0.3, -0.25) is 4.79 Å². The molecule has 152 valence electrons. The van der Waals surface area contributed by atoms with Crippen molar-refractivity contribution in [1.29, 1.82) is 0 Å². The van der Waals surface area contributed by atoms with Crippen molar-refractivity contribution in [2.45, 2.75) is 13.3 Å². The molecule has 0 fully saturated rings. The van der Waals surface area contributed by atoms with Gasteiger partial charge in [-0.1, -0.05) is 0 Å². The molecule has 0 saturated carbocycles. The first-order valence-corrected chi connectivity index (χ1v) is 9.06. The highest BCUT2D eigenvalue weighted by Gasteiger charge is 2.19. The summed E-state index contributed by atoms with van der Waals surface area (Å²) in [6, 6.07) is 12.7. The van der Waals surface area contributed by atoms with Gasteiger partial charge in [0.1, 0.15) is 11.5 Å². The van der Waals surface area contributed by atoms with Crippen molar-refractivity contribution in [3.8, 4) is 28.7 Å². The van der Waals surface area contributed by atoms with Crippen LogP contribution in [-0.2, 0) is 11.2 Å². The van der Waals surface area contributed by atoms with Gasteiger partial charge in [0.2, 0.25) is 11.8 Å². The van der Waals surface area contributed by atoms with E-state index in [0.29, 0.717) is 34.5 Å². The zero-order valence-corrected chi connectivity index (χ0v) is 17.2. The Kier molecular flexibility index (Phi) is 6.07. The molecular formula is C22H24N2O5. The average molecular weight is 396 g/mol. The molecule has 1 heterocycles. The van der Waals surface area contributed by atoms with Gasteiger partial charge in [-0.25, -0.2) is 4.98 Å². The van der Waals surface area contributed by atoms with Gasteiger partial charge >= 0.3 is 0 Å². The topological polar surface area (TPSA) is 74.0 Å². The highest BCUT2D eigenvalue weighted by atomic mass is 16.5. The second-order valence-corrected chi connectivity index (χ2v) is 6.42. The Labute approximate surface area is 169 Å². The van der Waals surface area contributed by atoms with Crippen molar-refractivity contribution in [3.05, 3.63) is 53.9 Å². The first-order valence-electron chi connectivity index (χ1n) is 9.06. The van der Waals surface area contributed by atoms with E-state index in [-0.39, 0.29) is 12.3 Å². The van der Waals surface area contributed by atoms with Crippen LogP contribution in [0.1, 0.15) is 11.5 Å². The van der Waals surface area contributed by atoms with Crippen LogP contribution < -0.4 is 19.1 Å². The van der Waals surface area contributed by atoms with Gasteiger partial charge in [0, 0.05) is 24.4 Å². The Hall–Kier alpha value is -3.48. The predicted octanol–water partition coefficient (Wildman–Crippen LogP) is 3.88. The van der Waals surface area contributed by atoms with Crippen LogP contribution in [-0.4, -0.2) is 39.3 Å². The lowest BCUT2D eigenvalue weighted by Gasteiger charge is -2.18. The van der Waals surface area contributed by atoms with Crippen LogP contribution in [0.15, 0.2) is 46.9 Å². The summed E-state index contributed by atoms with van der Waals surface area (Å²) in [5.41, 5.74) is 2.12. The molecule has 3 aromatic rings. The maximum atomic E-state index is 12.8.